The van der Waals surface area contributed by atoms with Crippen molar-refractivity contribution >= 4 is 29.9 Å². The van der Waals surface area contributed by atoms with Crippen molar-refractivity contribution in [1.82, 2.24) is 10.2 Å². The van der Waals surface area contributed by atoms with Crippen LogP contribution in [-0.2, 0) is 4.74 Å². The van der Waals surface area contributed by atoms with Gasteiger partial charge in [-0.25, -0.2) is 0 Å². The standard InChI is InChI=1S/C18H37N3O2.HI/c1-3-5-6-7-8-9-14-23-15-10-12-20-18(19-4-2)21-13-11-17(22)16-21;/h17,22H,3-16H2,1-2H3,(H,19,20);1H/t17-;/m1./s1. The number of nitrogens with one attached hydrogen (secondary N) is 1. The van der Waals surface area contributed by atoms with Gasteiger partial charge in [-0.05, 0) is 26.2 Å². The molecular weight excluding hydrogens is 417 g/mol. The molecule has 0 radical (unpaired) electrons. The van der Waals surface area contributed by atoms with Crippen LogP contribution in [0.5, 0.6) is 0 Å². The van der Waals surface area contributed by atoms with Crippen molar-refractivity contribution in [2.45, 2.75) is 71.3 Å². The van der Waals surface area contributed by atoms with Gasteiger partial charge < -0.3 is 20.1 Å². The van der Waals surface area contributed by atoms with Crippen molar-refractivity contribution in [2.75, 3.05) is 39.4 Å². The maximum atomic E-state index is 9.63. The van der Waals surface area contributed by atoms with Gasteiger partial charge in [0.25, 0.3) is 0 Å². The van der Waals surface area contributed by atoms with Gasteiger partial charge in [0.1, 0.15) is 0 Å². The van der Waals surface area contributed by atoms with Crippen molar-refractivity contribution in [3.8, 4) is 0 Å². The number of aliphatic hydroxyl groups excluding tert-OH is 1. The van der Waals surface area contributed by atoms with E-state index in [-0.39, 0.29) is 30.1 Å². The largest absolute Gasteiger partial charge is 0.391 e. The van der Waals surface area contributed by atoms with Gasteiger partial charge in [0.2, 0.25) is 0 Å². The number of likely N-dealkylation sites (tertiary alicyclic amines) is 1. The van der Waals surface area contributed by atoms with E-state index in [1.54, 1.807) is 0 Å². The van der Waals surface area contributed by atoms with Gasteiger partial charge in [0, 0.05) is 39.4 Å². The van der Waals surface area contributed by atoms with Crippen molar-refractivity contribution in [3.63, 3.8) is 0 Å². The molecule has 2 N–H and O–H groups in total. The minimum absolute atomic E-state index is 0. The average Bonchev–Trinajstić information content (AvgIpc) is 2.98. The van der Waals surface area contributed by atoms with E-state index in [4.69, 9.17) is 4.74 Å². The molecule has 144 valence electrons. The smallest absolute Gasteiger partial charge is 0.194 e. The zero-order valence-corrected chi connectivity index (χ0v) is 18.0. The van der Waals surface area contributed by atoms with E-state index >= 15 is 0 Å². The number of unbranched alkanes of at least 4 members (excludes halogenated alkanes) is 5. The Labute approximate surface area is 165 Å². The molecule has 0 amide bonds. The molecule has 0 aromatic carbocycles. The summed E-state index contributed by atoms with van der Waals surface area (Å²) in [5.74, 6) is 0.931. The zero-order chi connectivity index (χ0) is 16.8. The van der Waals surface area contributed by atoms with E-state index in [0.29, 0.717) is 6.54 Å². The van der Waals surface area contributed by atoms with Crippen LogP contribution in [0.2, 0.25) is 0 Å². The highest BCUT2D eigenvalue weighted by Gasteiger charge is 2.22. The average molecular weight is 455 g/mol. The van der Waals surface area contributed by atoms with Crippen LogP contribution >= 0.6 is 24.0 Å². The molecular formula is C18H38IN3O2. The number of aliphatic imine (C=N–C) groups is 1. The van der Waals surface area contributed by atoms with Crippen molar-refractivity contribution in [2.24, 2.45) is 4.99 Å². The number of guanidine groups is 1. The van der Waals surface area contributed by atoms with Crippen LogP contribution in [-0.4, -0.2) is 61.5 Å². The number of ether oxygens (including phenoxy) is 1. The van der Waals surface area contributed by atoms with Gasteiger partial charge in [-0.3, -0.25) is 4.99 Å². The molecule has 0 bridgehead atoms. The van der Waals surface area contributed by atoms with E-state index in [1.807, 2.05) is 0 Å². The lowest BCUT2D eigenvalue weighted by atomic mass is 10.1. The molecule has 5 nitrogen and oxygen atoms in total. The second kappa shape index (κ2) is 16.4. The number of β-amino-alcohol motifs (C(OH)–C–C–N with tert-alkyl or cyclic N) is 1. The lowest BCUT2D eigenvalue weighted by Crippen LogP contribution is -2.40. The normalized spacial score (nSPS) is 17.9. The second-order valence-corrected chi connectivity index (χ2v) is 6.36. The van der Waals surface area contributed by atoms with Crippen LogP contribution in [0.25, 0.3) is 0 Å². The molecule has 0 aliphatic carbocycles. The summed E-state index contributed by atoms with van der Waals surface area (Å²) in [6, 6.07) is 0. The molecule has 1 heterocycles. The third-order valence-electron chi connectivity index (χ3n) is 4.15. The molecule has 1 rings (SSSR count). The number of rotatable bonds is 12. The molecule has 1 fully saturated rings. The second-order valence-electron chi connectivity index (χ2n) is 6.36. The van der Waals surface area contributed by atoms with E-state index in [9.17, 15) is 5.11 Å². The Kier molecular flexibility index (Phi) is 16.3. The van der Waals surface area contributed by atoms with Crippen molar-refractivity contribution in [3.05, 3.63) is 0 Å². The number of nitrogens with zero attached hydrogens (tertiary/aromatic N) is 2. The number of aliphatic hydroxyl groups is 1. The van der Waals surface area contributed by atoms with Crippen LogP contribution in [0.3, 0.4) is 0 Å². The lowest BCUT2D eigenvalue weighted by Gasteiger charge is -2.20. The highest BCUT2D eigenvalue weighted by molar-refractivity contribution is 14.0. The highest BCUT2D eigenvalue weighted by Crippen LogP contribution is 2.09. The lowest BCUT2D eigenvalue weighted by molar-refractivity contribution is 0.129. The van der Waals surface area contributed by atoms with Gasteiger partial charge in [-0.1, -0.05) is 39.0 Å². The summed E-state index contributed by atoms with van der Waals surface area (Å²) in [5, 5.41) is 12.9. The first-order valence-corrected chi connectivity index (χ1v) is 9.57. The van der Waals surface area contributed by atoms with E-state index in [0.717, 1.165) is 51.6 Å². The Hall–Kier alpha value is -0.0800. The van der Waals surface area contributed by atoms with E-state index < -0.39 is 0 Å². The first-order valence-electron chi connectivity index (χ1n) is 9.57. The summed E-state index contributed by atoms with van der Waals surface area (Å²) in [6.07, 6.45) is 9.44. The predicted octanol–water partition coefficient (Wildman–Crippen LogP) is 3.40. The summed E-state index contributed by atoms with van der Waals surface area (Å²) < 4.78 is 5.68. The Bertz CT molecular complexity index is 317. The Morgan fingerprint density at radius 1 is 1.12 bits per heavy atom. The molecule has 1 saturated heterocycles. The minimum atomic E-state index is -0.209. The fourth-order valence-corrected chi connectivity index (χ4v) is 2.80. The summed E-state index contributed by atoms with van der Waals surface area (Å²) in [7, 11) is 0. The van der Waals surface area contributed by atoms with Gasteiger partial charge >= 0.3 is 0 Å². The molecule has 0 saturated carbocycles. The molecule has 1 aliphatic rings. The molecule has 6 heteroatoms. The molecule has 24 heavy (non-hydrogen) atoms. The monoisotopic (exact) mass is 455 g/mol. The van der Waals surface area contributed by atoms with Crippen molar-refractivity contribution in [1.29, 1.82) is 0 Å². The first-order chi connectivity index (χ1) is 11.3. The summed E-state index contributed by atoms with van der Waals surface area (Å²) in [5.41, 5.74) is 0. The maximum absolute atomic E-state index is 9.63. The number of hydrogen-bond acceptors (Lipinski definition) is 3. The van der Waals surface area contributed by atoms with Gasteiger partial charge in [-0.2, -0.15) is 0 Å². The molecule has 0 unspecified atom stereocenters. The fraction of sp³-hybridized carbons (Fsp3) is 0.944. The van der Waals surface area contributed by atoms with Gasteiger partial charge in [0.15, 0.2) is 5.96 Å². The van der Waals surface area contributed by atoms with E-state index in [1.165, 1.54) is 38.5 Å². The Morgan fingerprint density at radius 3 is 2.50 bits per heavy atom. The summed E-state index contributed by atoms with van der Waals surface area (Å²) in [6.45, 7) is 9.23. The summed E-state index contributed by atoms with van der Waals surface area (Å²) >= 11 is 0. The molecule has 1 atom stereocenters. The van der Waals surface area contributed by atoms with E-state index in [2.05, 4.69) is 29.1 Å². The molecule has 1 aliphatic heterocycles. The highest BCUT2D eigenvalue weighted by atomic mass is 127. The fourth-order valence-electron chi connectivity index (χ4n) is 2.80. The minimum Gasteiger partial charge on any atom is -0.391 e. The number of hydrogen-bond donors (Lipinski definition) is 2. The Balaban J connectivity index is 0.00000529. The van der Waals surface area contributed by atoms with Crippen LogP contribution < -0.4 is 5.32 Å². The van der Waals surface area contributed by atoms with Crippen LogP contribution in [0, 0.1) is 0 Å². The maximum Gasteiger partial charge on any atom is 0.194 e. The third-order valence-corrected chi connectivity index (χ3v) is 4.15. The first kappa shape index (κ1) is 23.9. The third kappa shape index (κ3) is 11.5. The molecule has 0 spiro atoms. The zero-order valence-electron chi connectivity index (χ0n) is 15.6. The Morgan fingerprint density at radius 2 is 1.83 bits per heavy atom. The molecule has 0 aromatic rings. The van der Waals surface area contributed by atoms with Crippen LogP contribution in [0.15, 0.2) is 4.99 Å². The van der Waals surface area contributed by atoms with Gasteiger partial charge in [-0.15, -0.1) is 24.0 Å². The SMILES string of the molecule is CCCCCCCCOCCCN=C(NCC)N1CC[C@@H](O)C1.I. The van der Waals surface area contributed by atoms with Crippen LogP contribution in [0.4, 0.5) is 0 Å². The van der Waals surface area contributed by atoms with Crippen molar-refractivity contribution < 1.29 is 9.84 Å². The predicted molar refractivity (Wildman–Crippen MR) is 112 cm³/mol. The molecule has 0 aromatic heterocycles. The van der Waals surface area contributed by atoms with Gasteiger partial charge in [0.05, 0.1) is 6.10 Å². The topological polar surface area (TPSA) is 57.1 Å². The summed E-state index contributed by atoms with van der Waals surface area (Å²) in [4.78, 5) is 6.78. The number of halogens is 1. The van der Waals surface area contributed by atoms with Crippen LogP contribution in [0.1, 0.15) is 65.2 Å². The quantitative estimate of drug-likeness (QED) is 0.205.